The molecule has 7 aromatic carbocycles. The largest absolute Gasteiger partial charge is 0.467 e. The summed E-state index contributed by atoms with van der Waals surface area (Å²) in [6.07, 6.45) is 0. The average molecular weight is 560 g/mol. The Morgan fingerprint density at radius 2 is 0.955 bits per heavy atom. The van der Waals surface area contributed by atoms with E-state index in [0.717, 1.165) is 39.1 Å². The predicted molar refractivity (Wildman–Crippen MR) is 185 cm³/mol. The number of furan rings is 1. The molecule has 0 spiro atoms. The van der Waals surface area contributed by atoms with E-state index in [4.69, 9.17) is 4.42 Å². The minimum absolute atomic E-state index is 0.0581. The minimum Gasteiger partial charge on any atom is -0.467 e. The SMILES string of the molecule is c1ccc(N2c3ccccc3B3c4oc5c6ccccc6c6ccccc6c5c4N(c4ccccc4)c4cccc2c43)cc1. The van der Waals surface area contributed by atoms with E-state index in [1.807, 2.05) is 0 Å². The fourth-order valence-corrected chi connectivity index (χ4v) is 7.69. The van der Waals surface area contributed by atoms with Gasteiger partial charge >= 0.3 is 0 Å². The van der Waals surface area contributed by atoms with Crippen molar-refractivity contribution in [2.75, 3.05) is 9.80 Å². The molecule has 2 aliphatic rings. The summed E-state index contributed by atoms with van der Waals surface area (Å²) in [6.45, 7) is -0.0581. The number of nitrogens with zero attached hydrogens (tertiary/aromatic N) is 2. The normalized spacial score (nSPS) is 13.3. The topological polar surface area (TPSA) is 19.6 Å². The molecule has 0 unspecified atom stereocenters. The van der Waals surface area contributed by atoms with Crippen LogP contribution < -0.4 is 26.4 Å². The first-order valence-corrected chi connectivity index (χ1v) is 15.2. The predicted octanol–water partition coefficient (Wildman–Crippen LogP) is 8.82. The summed E-state index contributed by atoms with van der Waals surface area (Å²) in [5.41, 5.74) is 11.4. The molecule has 0 amide bonds. The van der Waals surface area contributed by atoms with Crippen LogP contribution in [0.5, 0.6) is 0 Å². The van der Waals surface area contributed by atoms with Gasteiger partial charge in [-0.3, -0.25) is 0 Å². The minimum atomic E-state index is -0.0581. The van der Waals surface area contributed by atoms with Crippen molar-refractivity contribution in [2.24, 2.45) is 0 Å². The van der Waals surface area contributed by atoms with Crippen LogP contribution in [0.25, 0.3) is 32.5 Å². The summed E-state index contributed by atoms with van der Waals surface area (Å²) in [4.78, 5) is 4.85. The van der Waals surface area contributed by atoms with E-state index >= 15 is 0 Å². The van der Waals surface area contributed by atoms with Gasteiger partial charge in [0.05, 0.1) is 16.7 Å². The maximum atomic E-state index is 7.25. The molecule has 10 rings (SSSR count). The molecule has 1 aromatic heterocycles. The van der Waals surface area contributed by atoms with Crippen LogP contribution in [-0.2, 0) is 0 Å². The van der Waals surface area contributed by atoms with E-state index in [9.17, 15) is 0 Å². The van der Waals surface area contributed by atoms with Crippen LogP contribution in [0.3, 0.4) is 0 Å². The third-order valence-corrected chi connectivity index (χ3v) is 9.40. The molecule has 0 aliphatic carbocycles. The third kappa shape index (κ3) is 3.07. The Bertz CT molecular complexity index is 2420. The lowest BCUT2D eigenvalue weighted by Gasteiger charge is -2.42. The zero-order valence-corrected chi connectivity index (χ0v) is 23.8. The van der Waals surface area contributed by atoms with Crippen molar-refractivity contribution in [1.82, 2.24) is 0 Å². The molecular weight excluding hydrogens is 535 g/mol. The van der Waals surface area contributed by atoms with E-state index in [1.165, 1.54) is 44.1 Å². The van der Waals surface area contributed by atoms with Gasteiger partial charge in [-0.25, -0.2) is 0 Å². The highest BCUT2D eigenvalue weighted by molar-refractivity contribution is 7.00. The summed E-state index contributed by atoms with van der Waals surface area (Å²) in [7, 11) is 0. The highest BCUT2D eigenvalue weighted by Gasteiger charge is 2.46. The van der Waals surface area contributed by atoms with Crippen molar-refractivity contribution in [1.29, 1.82) is 0 Å². The molecule has 0 atom stereocenters. The molecule has 0 bridgehead atoms. The molecule has 0 saturated carbocycles. The van der Waals surface area contributed by atoms with Gasteiger partial charge in [-0.05, 0) is 69.5 Å². The summed E-state index contributed by atoms with van der Waals surface area (Å²) in [5.74, 6) is 0. The maximum absolute atomic E-state index is 7.25. The molecular formula is C40H25BN2O. The summed E-state index contributed by atoms with van der Waals surface area (Å²) in [6, 6.07) is 54.4. The Balaban J connectivity index is 1.40. The smallest absolute Gasteiger partial charge is 0.297 e. The summed E-state index contributed by atoms with van der Waals surface area (Å²) >= 11 is 0. The number of rotatable bonds is 2. The highest BCUT2D eigenvalue weighted by atomic mass is 16.3. The van der Waals surface area contributed by atoms with Gasteiger partial charge < -0.3 is 14.2 Å². The zero-order valence-electron chi connectivity index (χ0n) is 23.8. The lowest BCUT2D eigenvalue weighted by molar-refractivity contribution is 0.655. The van der Waals surface area contributed by atoms with Gasteiger partial charge in [-0.2, -0.15) is 0 Å². The van der Waals surface area contributed by atoms with Crippen molar-refractivity contribution < 1.29 is 4.42 Å². The van der Waals surface area contributed by atoms with Crippen LogP contribution in [0.1, 0.15) is 0 Å². The molecule has 3 heterocycles. The van der Waals surface area contributed by atoms with E-state index in [2.05, 4.69) is 161 Å². The van der Waals surface area contributed by atoms with Gasteiger partial charge in [0.25, 0.3) is 6.71 Å². The lowest BCUT2D eigenvalue weighted by Crippen LogP contribution is -2.60. The number of anilines is 6. The molecule has 0 saturated heterocycles. The Morgan fingerprint density at radius 3 is 1.68 bits per heavy atom. The van der Waals surface area contributed by atoms with Crippen LogP contribution in [0, 0.1) is 0 Å². The number of para-hydroxylation sites is 3. The molecule has 44 heavy (non-hydrogen) atoms. The van der Waals surface area contributed by atoms with E-state index in [-0.39, 0.29) is 6.71 Å². The zero-order chi connectivity index (χ0) is 28.8. The first-order valence-electron chi connectivity index (χ1n) is 15.2. The Hall–Kier alpha value is -5.74. The summed E-state index contributed by atoms with van der Waals surface area (Å²) < 4.78 is 7.25. The fraction of sp³-hybridized carbons (Fsp3) is 0. The first-order chi connectivity index (χ1) is 21.9. The second-order valence-electron chi connectivity index (χ2n) is 11.7. The molecule has 8 aromatic rings. The van der Waals surface area contributed by atoms with Gasteiger partial charge in [0.15, 0.2) is 0 Å². The molecule has 0 fully saturated rings. The number of fused-ring (bicyclic) bond motifs is 11. The number of hydrogen-bond donors (Lipinski definition) is 0. The third-order valence-electron chi connectivity index (χ3n) is 9.40. The highest BCUT2D eigenvalue weighted by Crippen LogP contribution is 2.49. The van der Waals surface area contributed by atoms with Crippen molar-refractivity contribution in [3.8, 4) is 0 Å². The van der Waals surface area contributed by atoms with Gasteiger partial charge in [0, 0.05) is 33.8 Å². The number of hydrogen-bond acceptors (Lipinski definition) is 3. The van der Waals surface area contributed by atoms with E-state index in [1.54, 1.807) is 0 Å². The first kappa shape index (κ1) is 23.8. The van der Waals surface area contributed by atoms with Crippen molar-refractivity contribution in [2.45, 2.75) is 0 Å². The van der Waals surface area contributed by atoms with Crippen LogP contribution in [0.15, 0.2) is 156 Å². The monoisotopic (exact) mass is 560 g/mol. The fourth-order valence-electron chi connectivity index (χ4n) is 7.69. The summed E-state index contributed by atoms with van der Waals surface area (Å²) in [5, 5.41) is 5.97. The van der Waals surface area contributed by atoms with Crippen LogP contribution in [0.2, 0.25) is 0 Å². The molecule has 204 valence electrons. The van der Waals surface area contributed by atoms with Gasteiger partial charge in [0.2, 0.25) is 0 Å². The number of benzene rings is 7. The van der Waals surface area contributed by atoms with Gasteiger partial charge in [-0.15, -0.1) is 0 Å². The van der Waals surface area contributed by atoms with Gasteiger partial charge in [0.1, 0.15) is 5.58 Å². The Morgan fingerprint density at radius 1 is 0.432 bits per heavy atom. The molecule has 0 radical (unpaired) electrons. The van der Waals surface area contributed by atoms with Gasteiger partial charge in [-0.1, -0.05) is 109 Å². The standard InChI is InChI=1S/C40H25BN2O/c1-3-14-26(15-4-1)42-33-23-12-11-22-32(33)41-37-34(42)24-13-25-35(37)43(27-16-5-2-6-17-27)38-36-30-20-9-7-18-28(30)29-19-8-10-21-31(29)39(36)44-40(38)41/h1-25H. The van der Waals surface area contributed by atoms with Crippen LogP contribution in [0.4, 0.5) is 34.1 Å². The molecule has 4 heteroatoms. The second kappa shape index (κ2) is 8.89. The maximum Gasteiger partial charge on any atom is 0.297 e. The van der Waals surface area contributed by atoms with Crippen LogP contribution >= 0.6 is 0 Å². The van der Waals surface area contributed by atoms with Crippen molar-refractivity contribution >= 4 is 89.9 Å². The lowest BCUT2D eigenvalue weighted by atomic mass is 9.35. The molecule has 3 nitrogen and oxygen atoms in total. The Labute approximate surface area is 255 Å². The van der Waals surface area contributed by atoms with Crippen molar-refractivity contribution in [3.63, 3.8) is 0 Å². The van der Waals surface area contributed by atoms with Crippen molar-refractivity contribution in [3.05, 3.63) is 152 Å². The second-order valence-corrected chi connectivity index (χ2v) is 11.7. The van der Waals surface area contributed by atoms with E-state index < -0.39 is 0 Å². The Kier molecular flexibility index (Phi) is 4.80. The quantitative estimate of drug-likeness (QED) is 0.156. The molecule has 0 N–H and O–H groups in total. The van der Waals surface area contributed by atoms with E-state index in [0.29, 0.717) is 0 Å². The average Bonchev–Trinajstić information content (AvgIpc) is 3.50. The molecule has 2 aliphatic heterocycles. The van der Waals surface area contributed by atoms with Crippen LogP contribution in [-0.4, -0.2) is 6.71 Å².